The van der Waals surface area contributed by atoms with Crippen molar-refractivity contribution in [2.45, 2.75) is 25.9 Å². The molecule has 1 unspecified atom stereocenters. The third kappa shape index (κ3) is 5.16. The van der Waals surface area contributed by atoms with Gasteiger partial charge < -0.3 is 10.1 Å². The summed E-state index contributed by atoms with van der Waals surface area (Å²) in [5.74, 6) is -0.273. The zero-order valence-electron chi connectivity index (χ0n) is 12.5. The van der Waals surface area contributed by atoms with Gasteiger partial charge in [0, 0.05) is 18.8 Å². The molecule has 1 aromatic heterocycles. The monoisotopic (exact) mass is 302 g/mol. The van der Waals surface area contributed by atoms with E-state index >= 15 is 0 Å². The Labute approximate surface area is 129 Å². The van der Waals surface area contributed by atoms with Gasteiger partial charge in [0.05, 0.1) is 6.54 Å². The van der Waals surface area contributed by atoms with Gasteiger partial charge in [0.2, 0.25) is 5.91 Å². The van der Waals surface area contributed by atoms with Crippen LogP contribution in [0.2, 0.25) is 0 Å². The number of halogens is 1. The van der Waals surface area contributed by atoms with E-state index in [1.165, 1.54) is 6.07 Å². The molecular formula is C17H19FN2O2. The predicted molar refractivity (Wildman–Crippen MR) is 82.1 cm³/mol. The van der Waals surface area contributed by atoms with E-state index in [4.69, 9.17) is 4.74 Å². The highest BCUT2D eigenvalue weighted by molar-refractivity contribution is 5.76. The quantitative estimate of drug-likeness (QED) is 0.855. The third-order valence-corrected chi connectivity index (χ3v) is 3.12. The first-order chi connectivity index (χ1) is 10.6. The standard InChI is InChI=1S/C17H19FN2O2/c1-13(22-16-7-3-2-6-15(16)18)11-20-17(21)9-8-14-5-4-10-19-12-14/h2-7,10,12-13H,8-9,11H2,1H3,(H,20,21). The first-order valence-electron chi connectivity index (χ1n) is 7.22. The molecule has 5 heteroatoms. The van der Waals surface area contributed by atoms with Crippen molar-refractivity contribution >= 4 is 5.91 Å². The number of carbonyl (C=O) groups excluding carboxylic acids is 1. The van der Waals surface area contributed by atoms with Crippen LogP contribution in [0, 0.1) is 5.82 Å². The number of amides is 1. The van der Waals surface area contributed by atoms with E-state index in [1.54, 1.807) is 37.5 Å². The molecular weight excluding hydrogens is 283 g/mol. The average molecular weight is 302 g/mol. The molecule has 0 aliphatic rings. The minimum Gasteiger partial charge on any atom is -0.486 e. The predicted octanol–water partition coefficient (Wildman–Crippen LogP) is 2.74. The van der Waals surface area contributed by atoms with Crippen LogP contribution in [0.1, 0.15) is 18.9 Å². The summed E-state index contributed by atoms with van der Waals surface area (Å²) < 4.78 is 18.9. The van der Waals surface area contributed by atoms with Gasteiger partial charge in [-0.15, -0.1) is 0 Å². The lowest BCUT2D eigenvalue weighted by Gasteiger charge is -2.15. The number of para-hydroxylation sites is 1. The van der Waals surface area contributed by atoms with Gasteiger partial charge in [-0.2, -0.15) is 0 Å². The van der Waals surface area contributed by atoms with Crippen LogP contribution in [-0.4, -0.2) is 23.5 Å². The van der Waals surface area contributed by atoms with E-state index in [0.717, 1.165) is 5.56 Å². The Hall–Kier alpha value is -2.43. The van der Waals surface area contributed by atoms with Crippen LogP contribution < -0.4 is 10.1 Å². The van der Waals surface area contributed by atoms with Crippen LogP contribution in [0.4, 0.5) is 4.39 Å². The van der Waals surface area contributed by atoms with Crippen molar-refractivity contribution in [1.29, 1.82) is 0 Å². The molecule has 22 heavy (non-hydrogen) atoms. The number of benzene rings is 1. The summed E-state index contributed by atoms with van der Waals surface area (Å²) in [6.45, 7) is 2.12. The van der Waals surface area contributed by atoms with E-state index in [-0.39, 0.29) is 17.8 Å². The van der Waals surface area contributed by atoms with Crippen molar-refractivity contribution in [1.82, 2.24) is 10.3 Å². The van der Waals surface area contributed by atoms with Crippen LogP contribution >= 0.6 is 0 Å². The van der Waals surface area contributed by atoms with Crippen molar-refractivity contribution in [3.63, 3.8) is 0 Å². The lowest BCUT2D eigenvalue weighted by molar-refractivity contribution is -0.121. The number of nitrogens with one attached hydrogen (secondary N) is 1. The van der Waals surface area contributed by atoms with E-state index in [1.807, 2.05) is 12.1 Å². The summed E-state index contributed by atoms with van der Waals surface area (Å²) in [7, 11) is 0. The first kappa shape index (κ1) is 15.9. The number of hydrogen-bond donors (Lipinski definition) is 1. The molecule has 0 saturated carbocycles. The molecule has 1 aromatic carbocycles. The van der Waals surface area contributed by atoms with E-state index in [0.29, 0.717) is 19.4 Å². The average Bonchev–Trinajstić information content (AvgIpc) is 2.54. The van der Waals surface area contributed by atoms with Crippen LogP contribution in [-0.2, 0) is 11.2 Å². The molecule has 0 aliphatic carbocycles. The second-order valence-electron chi connectivity index (χ2n) is 5.02. The normalized spacial score (nSPS) is 11.7. The molecule has 1 heterocycles. The third-order valence-electron chi connectivity index (χ3n) is 3.12. The smallest absolute Gasteiger partial charge is 0.220 e. The zero-order chi connectivity index (χ0) is 15.8. The lowest BCUT2D eigenvalue weighted by atomic mass is 10.1. The number of ether oxygens (including phenoxy) is 1. The summed E-state index contributed by atoms with van der Waals surface area (Å²) in [4.78, 5) is 15.8. The molecule has 0 aliphatic heterocycles. The molecule has 2 aromatic rings. The van der Waals surface area contributed by atoms with Crippen molar-refractivity contribution in [3.05, 3.63) is 60.2 Å². The Morgan fingerprint density at radius 1 is 1.32 bits per heavy atom. The highest BCUT2D eigenvalue weighted by atomic mass is 19.1. The second-order valence-corrected chi connectivity index (χ2v) is 5.02. The van der Waals surface area contributed by atoms with Crippen molar-refractivity contribution in [2.24, 2.45) is 0 Å². The van der Waals surface area contributed by atoms with Crippen LogP contribution in [0.15, 0.2) is 48.8 Å². The van der Waals surface area contributed by atoms with Gasteiger partial charge in [0.25, 0.3) is 0 Å². The van der Waals surface area contributed by atoms with Gasteiger partial charge in [0.1, 0.15) is 6.10 Å². The highest BCUT2D eigenvalue weighted by Crippen LogP contribution is 2.16. The van der Waals surface area contributed by atoms with Gasteiger partial charge >= 0.3 is 0 Å². The lowest BCUT2D eigenvalue weighted by Crippen LogP contribution is -2.33. The number of hydrogen-bond acceptors (Lipinski definition) is 3. The summed E-state index contributed by atoms with van der Waals surface area (Å²) in [5, 5.41) is 2.79. The van der Waals surface area contributed by atoms with Crippen LogP contribution in [0.5, 0.6) is 5.75 Å². The minimum atomic E-state index is -0.405. The molecule has 116 valence electrons. The summed E-state index contributed by atoms with van der Waals surface area (Å²) in [5.41, 5.74) is 1.02. The number of rotatable bonds is 7. The second kappa shape index (κ2) is 8.12. The van der Waals surface area contributed by atoms with Gasteiger partial charge in [0.15, 0.2) is 11.6 Å². The Kier molecular flexibility index (Phi) is 5.89. The largest absolute Gasteiger partial charge is 0.486 e. The van der Waals surface area contributed by atoms with Crippen molar-refractivity contribution in [3.8, 4) is 5.75 Å². The molecule has 1 amide bonds. The summed E-state index contributed by atoms with van der Waals surface area (Å²) in [6.07, 6.45) is 4.17. The van der Waals surface area contributed by atoms with Crippen molar-refractivity contribution < 1.29 is 13.9 Å². The molecule has 0 spiro atoms. The first-order valence-corrected chi connectivity index (χ1v) is 7.22. The van der Waals surface area contributed by atoms with Crippen LogP contribution in [0.3, 0.4) is 0 Å². The fourth-order valence-corrected chi connectivity index (χ4v) is 1.95. The molecule has 4 nitrogen and oxygen atoms in total. The molecule has 0 fully saturated rings. The fraction of sp³-hybridized carbons (Fsp3) is 0.294. The SMILES string of the molecule is CC(CNC(=O)CCc1cccnc1)Oc1ccccc1F. The van der Waals surface area contributed by atoms with Gasteiger partial charge in [-0.05, 0) is 37.1 Å². The Morgan fingerprint density at radius 2 is 2.14 bits per heavy atom. The molecule has 1 atom stereocenters. The Morgan fingerprint density at radius 3 is 2.86 bits per heavy atom. The maximum Gasteiger partial charge on any atom is 0.220 e. The summed E-state index contributed by atoms with van der Waals surface area (Å²) >= 11 is 0. The number of aromatic nitrogens is 1. The zero-order valence-corrected chi connectivity index (χ0v) is 12.5. The minimum absolute atomic E-state index is 0.0622. The molecule has 0 saturated heterocycles. The van der Waals surface area contributed by atoms with E-state index in [2.05, 4.69) is 10.3 Å². The maximum atomic E-state index is 13.4. The van der Waals surface area contributed by atoms with Crippen molar-refractivity contribution in [2.75, 3.05) is 6.54 Å². The van der Waals surface area contributed by atoms with Gasteiger partial charge in [-0.1, -0.05) is 18.2 Å². The number of aryl methyl sites for hydroxylation is 1. The van der Waals surface area contributed by atoms with E-state index in [9.17, 15) is 9.18 Å². The van der Waals surface area contributed by atoms with Crippen LogP contribution in [0.25, 0.3) is 0 Å². The Balaban J connectivity index is 1.71. The van der Waals surface area contributed by atoms with Gasteiger partial charge in [-0.3, -0.25) is 9.78 Å². The number of pyridine rings is 1. The highest BCUT2D eigenvalue weighted by Gasteiger charge is 2.09. The number of carbonyl (C=O) groups is 1. The summed E-state index contributed by atoms with van der Waals surface area (Å²) in [6, 6.07) is 10.00. The fourth-order valence-electron chi connectivity index (χ4n) is 1.95. The molecule has 2 rings (SSSR count). The molecule has 1 N–H and O–H groups in total. The maximum absolute atomic E-state index is 13.4. The molecule has 0 bridgehead atoms. The van der Waals surface area contributed by atoms with E-state index < -0.39 is 5.82 Å². The number of nitrogens with zero attached hydrogens (tertiary/aromatic N) is 1. The van der Waals surface area contributed by atoms with Gasteiger partial charge in [-0.25, -0.2) is 4.39 Å². The Bertz CT molecular complexity index is 605. The topological polar surface area (TPSA) is 51.2 Å². The molecule has 0 radical (unpaired) electrons.